The largest absolute Gasteiger partial charge is 0.473 e. The third-order valence-corrected chi connectivity index (χ3v) is 0.974. The van der Waals surface area contributed by atoms with Gasteiger partial charge in [0.1, 0.15) is 0 Å². The van der Waals surface area contributed by atoms with Gasteiger partial charge in [0.05, 0.1) is 6.20 Å². The average molecular weight is 187 g/mol. The predicted octanol–water partition coefficient (Wildman–Crippen LogP) is -0.976. The third-order valence-electron chi connectivity index (χ3n) is 0.974. The van der Waals surface area contributed by atoms with Gasteiger partial charge in [-0.1, -0.05) is 0 Å². The Morgan fingerprint density at radius 2 is 2.00 bits per heavy atom. The van der Waals surface area contributed by atoms with Crippen LogP contribution in [0.2, 0.25) is 0 Å². The molecule has 1 aromatic heterocycles. The van der Waals surface area contributed by atoms with Gasteiger partial charge >= 0.3 is 11.9 Å². The summed E-state index contributed by atoms with van der Waals surface area (Å²) in [5.41, 5.74) is 6.28. The Labute approximate surface area is 73.2 Å². The molecule has 0 fully saturated rings. The average Bonchev–Trinajstić information content (AvgIpc) is 2.56. The minimum absolute atomic E-state index is 0.566. The van der Waals surface area contributed by atoms with Crippen molar-refractivity contribution in [1.82, 2.24) is 10.2 Å². The number of aliphatic carboxylic acids is 2. The van der Waals surface area contributed by atoms with E-state index in [2.05, 4.69) is 10.2 Å². The molecule has 0 aliphatic carbocycles. The zero-order chi connectivity index (χ0) is 10.3. The number of carboxylic acids is 2. The number of rotatable bonds is 1. The molecule has 13 heavy (non-hydrogen) atoms. The minimum atomic E-state index is -1.82. The summed E-state index contributed by atoms with van der Waals surface area (Å²) in [5, 5.41) is 21.1. The summed E-state index contributed by atoms with van der Waals surface area (Å²) in [5.74, 6) is -3.65. The van der Waals surface area contributed by atoms with Crippen LogP contribution in [0.25, 0.3) is 0 Å². The number of nitrogens with zero attached hydrogens (tertiary/aromatic N) is 1. The Bertz CT molecular complexity index is 257. The number of H-pyrrole nitrogens is 1. The number of nitrogens with two attached hydrogens (primary N) is 1. The molecule has 0 aliphatic heterocycles. The van der Waals surface area contributed by atoms with Crippen LogP contribution >= 0.6 is 0 Å². The molecule has 0 unspecified atom stereocenters. The Morgan fingerprint density at radius 3 is 2.15 bits per heavy atom. The summed E-state index contributed by atoms with van der Waals surface area (Å²) in [7, 11) is 0. The van der Waals surface area contributed by atoms with Crippen molar-refractivity contribution in [3.63, 3.8) is 0 Å². The van der Waals surface area contributed by atoms with Crippen LogP contribution < -0.4 is 5.73 Å². The maximum atomic E-state index is 9.10. The van der Waals surface area contributed by atoms with Crippen LogP contribution in [0.15, 0.2) is 12.4 Å². The lowest BCUT2D eigenvalue weighted by atomic mass is 10.4. The van der Waals surface area contributed by atoms with Crippen molar-refractivity contribution in [2.45, 2.75) is 6.54 Å². The fourth-order valence-electron chi connectivity index (χ4n) is 0.389. The van der Waals surface area contributed by atoms with Gasteiger partial charge in [-0.15, -0.1) is 0 Å². The predicted molar refractivity (Wildman–Crippen MR) is 41.8 cm³/mol. The van der Waals surface area contributed by atoms with Gasteiger partial charge in [0.2, 0.25) is 0 Å². The molecule has 7 nitrogen and oxygen atoms in total. The van der Waals surface area contributed by atoms with Gasteiger partial charge < -0.3 is 15.9 Å². The normalized spacial score (nSPS) is 8.38. The molecule has 1 heterocycles. The van der Waals surface area contributed by atoms with Crippen LogP contribution in [-0.2, 0) is 16.1 Å². The number of aromatic amines is 1. The summed E-state index contributed by atoms with van der Waals surface area (Å²) in [6.07, 6.45) is 3.49. The van der Waals surface area contributed by atoms with Crippen LogP contribution in [-0.4, -0.2) is 32.3 Å². The van der Waals surface area contributed by atoms with Crippen molar-refractivity contribution in [2.75, 3.05) is 0 Å². The van der Waals surface area contributed by atoms with E-state index in [9.17, 15) is 0 Å². The highest BCUT2D eigenvalue weighted by atomic mass is 16.4. The number of nitrogens with one attached hydrogen (secondary N) is 1. The molecule has 0 amide bonds. The van der Waals surface area contributed by atoms with Gasteiger partial charge in [0.25, 0.3) is 0 Å². The van der Waals surface area contributed by atoms with E-state index in [0.717, 1.165) is 5.56 Å². The van der Waals surface area contributed by atoms with Gasteiger partial charge in [-0.3, -0.25) is 5.10 Å². The number of carbonyl (C=O) groups is 2. The Hall–Kier alpha value is -1.89. The maximum Gasteiger partial charge on any atom is 0.414 e. The molecular formula is C6H9N3O4. The molecule has 0 saturated heterocycles. The number of hydrogen-bond donors (Lipinski definition) is 4. The lowest BCUT2D eigenvalue weighted by Gasteiger charge is -1.77. The first-order chi connectivity index (χ1) is 6.07. The SMILES string of the molecule is NCc1cn[nH]c1.O=C(O)C(=O)O. The Morgan fingerprint density at radius 1 is 1.46 bits per heavy atom. The molecule has 1 aromatic rings. The number of hydrogen-bond acceptors (Lipinski definition) is 4. The van der Waals surface area contributed by atoms with Crippen molar-refractivity contribution in [3.8, 4) is 0 Å². The smallest absolute Gasteiger partial charge is 0.414 e. The fourth-order valence-corrected chi connectivity index (χ4v) is 0.389. The highest BCUT2D eigenvalue weighted by Crippen LogP contribution is 1.87. The van der Waals surface area contributed by atoms with E-state index in [-0.39, 0.29) is 0 Å². The summed E-state index contributed by atoms with van der Waals surface area (Å²) < 4.78 is 0. The molecule has 1 rings (SSSR count). The van der Waals surface area contributed by atoms with Crippen molar-refractivity contribution in [1.29, 1.82) is 0 Å². The van der Waals surface area contributed by atoms with Crippen molar-refractivity contribution >= 4 is 11.9 Å². The zero-order valence-corrected chi connectivity index (χ0v) is 6.60. The van der Waals surface area contributed by atoms with E-state index >= 15 is 0 Å². The van der Waals surface area contributed by atoms with Crippen LogP contribution in [0.1, 0.15) is 5.56 Å². The maximum absolute atomic E-state index is 9.10. The molecule has 0 aromatic carbocycles. The van der Waals surface area contributed by atoms with Gasteiger partial charge in [0, 0.05) is 18.3 Å². The van der Waals surface area contributed by atoms with Crippen molar-refractivity contribution in [2.24, 2.45) is 5.73 Å². The summed E-state index contributed by atoms with van der Waals surface area (Å²) in [6, 6.07) is 0. The number of aromatic nitrogens is 2. The van der Waals surface area contributed by atoms with E-state index in [1.54, 1.807) is 12.4 Å². The van der Waals surface area contributed by atoms with Crippen molar-refractivity contribution in [3.05, 3.63) is 18.0 Å². The first-order valence-electron chi connectivity index (χ1n) is 3.22. The first-order valence-corrected chi connectivity index (χ1v) is 3.22. The van der Waals surface area contributed by atoms with E-state index in [0.29, 0.717) is 6.54 Å². The van der Waals surface area contributed by atoms with Crippen molar-refractivity contribution < 1.29 is 19.8 Å². The first kappa shape index (κ1) is 11.1. The van der Waals surface area contributed by atoms with Gasteiger partial charge in [-0.25, -0.2) is 9.59 Å². The van der Waals surface area contributed by atoms with Gasteiger partial charge in [-0.2, -0.15) is 5.10 Å². The van der Waals surface area contributed by atoms with E-state index in [4.69, 9.17) is 25.5 Å². The minimum Gasteiger partial charge on any atom is -0.473 e. The molecule has 0 radical (unpaired) electrons. The fraction of sp³-hybridized carbons (Fsp3) is 0.167. The van der Waals surface area contributed by atoms with Gasteiger partial charge in [-0.05, 0) is 0 Å². The molecule has 0 atom stereocenters. The molecular weight excluding hydrogens is 178 g/mol. The molecule has 0 saturated carbocycles. The lowest BCUT2D eigenvalue weighted by molar-refractivity contribution is -0.159. The second kappa shape index (κ2) is 5.72. The standard InChI is InChI=1S/C4H7N3.C2H2O4/c5-1-4-2-6-7-3-4;3-1(4)2(5)6/h2-3H,1,5H2,(H,6,7);(H,3,4)(H,5,6). The lowest BCUT2D eigenvalue weighted by Crippen LogP contribution is -2.09. The topological polar surface area (TPSA) is 129 Å². The molecule has 72 valence electrons. The van der Waals surface area contributed by atoms with Crippen LogP contribution in [0.5, 0.6) is 0 Å². The highest BCUT2D eigenvalue weighted by Gasteiger charge is 2.04. The van der Waals surface area contributed by atoms with Crippen LogP contribution in [0.3, 0.4) is 0 Å². The van der Waals surface area contributed by atoms with Crippen LogP contribution in [0, 0.1) is 0 Å². The molecule has 5 N–H and O–H groups in total. The summed E-state index contributed by atoms with van der Waals surface area (Å²) in [6.45, 7) is 0.566. The Balaban J connectivity index is 0.000000226. The molecule has 7 heteroatoms. The van der Waals surface area contributed by atoms with E-state index in [1.807, 2.05) is 0 Å². The summed E-state index contributed by atoms with van der Waals surface area (Å²) >= 11 is 0. The highest BCUT2D eigenvalue weighted by molar-refractivity contribution is 6.27. The monoisotopic (exact) mass is 187 g/mol. The molecule has 0 spiro atoms. The van der Waals surface area contributed by atoms with E-state index < -0.39 is 11.9 Å². The van der Waals surface area contributed by atoms with Gasteiger partial charge in [0.15, 0.2) is 0 Å². The summed E-state index contributed by atoms with van der Waals surface area (Å²) in [4.78, 5) is 18.2. The second-order valence-corrected chi connectivity index (χ2v) is 1.92. The molecule has 0 bridgehead atoms. The Kier molecular flexibility index (Phi) is 4.89. The van der Waals surface area contributed by atoms with Crippen LogP contribution in [0.4, 0.5) is 0 Å². The zero-order valence-electron chi connectivity index (χ0n) is 6.60. The van der Waals surface area contributed by atoms with E-state index in [1.165, 1.54) is 0 Å². The second-order valence-electron chi connectivity index (χ2n) is 1.92. The quantitative estimate of drug-likeness (QED) is 0.418. The number of carboxylic acid groups (broad SMARTS) is 2. The molecule has 0 aliphatic rings. The third kappa shape index (κ3) is 5.39.